The molecule has 2 aromatic rings. The molecule has 0 spiro atoms. The Morgan fingerprint density at radius 1 is 1.07 bits per heavy atom. The second kappa shape index (κ2) is 8.53. The minimum atomic E-state index is -0.0292. The molecule has 0 radical (unpaired) electrons. The normalized spacial score (nSPS) is 22.0. The molecule has 1 aromatic carbocycles. The number of fused-ring (bicyclic) bond motifs is 1. The second-order valence-electron chi connectivity index (χ2n) is 8.34. The largest absolute Gasteiger partial charge is 0.309 e. The van der Waals surface area contributed by atoms with Gasteiger partial charge in [-0.1, -0.05) is 25.0 Å². The highest BCUT2D eigenvalue weighted by Crippen LogP contribution is 2.26. The lowest BCUT2D eigenvalue weighted by Gasteiger charge is -2.37. The number of benzene rings is 1. The Hall–Kier alpha value is -1.72. The average Bonchev–Trinajstić information content (AvgIpc) is 2.97. The van der Waals surface area contributed by atoms with E-state index in [0.717, 1.165) is 30.3 Å². The molecule has 0 aliphatic carbocycles. The van der Waals surface area contributed by atoms with Gasteiger partial charge in [0.05, 0.1) is 16.9 Å². The maximum absolute atomic E-state index is 12.4. The fraction of sp³-hybridized carbons (Fsp3) is 0.636. The molecule has 2 aliphatic heterocycles. The summed E-state index contributed by atoms with van der Waals surface area (Å²) in [5, 5.41) is 0.671. The molecule has 2 saturated heterocycles. The van der Waals surface area contributed by atoms with Crippen molar-refractivity contribution in [2.75, 3.05) is 32.7 Å². The molecule has 2 fully saturated rings. The molecule has 5 heteroatoms. The van der Waals surface area contributed by atoms with Crippen molar-refractivity contribution in [3.05, 3.63) is 40.4 Å². The lowest BCUT2D eigenvalue weighted by Crippen LogP contribution is -2.40. The number of piperidine rings is 1. The van der Waals surface area contributed by atoms with E-state index in [1.165, 1.54) is 58.2 Å². The fourth-order valence-corrected chi connectivity index (χ4v) is 4.68. The Bertz CT molecular complexity index is 801. The van der Waals surface area contributed by atoms with Crippen molar-refractivity contribution in [1.82, 2.24) is 19.8 Å². The zero-order chi connectivity index (χ0) is 18.6. The first-order chi connectivity index (χ1) is 13.2. The summed E-state index contributed by atoms with van der Waals surface area (Å²) < 4.78 is 0. The van der Waals surface area contributed by atoms with Crippen LogP contribution in [0.3, 0.4) is 0 Å². The van der Waals surface area contributed by atoms with E-state index in [2.05, 4.69) is 21.7 Å². The first-order valence-electron chi connectivity index (χ1n) is 10.7. The van der Waals surface area contributed by atoms with Crippen LogP contribution in [0.5, 0.6) is 0 Å². The fourth-order valence-electron chi connectivity index (χ4n) is 4.68. The SMILES string of the molecule is C[C@@H](c1nc2ccccc2c(=O)[nH]1)N1CCC(CN2CCCCCC2)CC1. The monoisotopic (exact) mass is 368 g/mol. The maximum Gasteiger partial charge on any atom is 0.258 e. The summed E-state index contributed by atoms with van der Waals surface area (Å²) in [6, 6.07) is 7.74. The minimum Gasteiger partial charge on any atom is -0.309 e. The van der Waals surface area contributed by atoms with Crippen LogP contribution in [0.1, 0.15) is 57.3 Å². The summed E-state index contributed by atoms with van der Waals surface area (Å²) >= 11 is 0. The molecular weight excluding hydrogens is 336 g/mol. The number of para-hydroxylation sites is 1. The molecule has 3 heterocycles. The smallest absolute Gasteiger partial charge is 0.258 e. The standard InChI is InChI=1S/C22H32N4O/c1-17(21-23-20-9-5-4-8-19(20)22(27)24-21)26-14-10-18(11-15-26)16-25-12-6-2-3-7-13-25/h4-5,8-9,17-18H,2-3,6-7,10-16H2,1H3,(H,23,24,27)/t17-/m0/s1. The highest BCUT2D eigenvalue weighted by molar-refractivity contribution is 5.77. The van der Waals surface area contributed by atoms with Gasteiger partial charge in [0, 0.05) is 6.54 Å². The number of nitrogens with one attached hydrogen (secondary N) is 1. The van der Waals surface area contributed by atoms with Gasteiger partial charge in [0.15, 0.2) is 0 Å². The van der Waals surface area contributed by atoms with E-state index in [1.54, 1.807) is 0 Å². The van der Waals surface area contributed by atoms with Gasteiger partial charge in [-0.15, -0.1) is 0 Å². The molecule has 1 aromatic heterocycles. The van der Waals surface area contributed by atoms with E-state index in [1.807, 2.05) is 24.3 Å². The molecule has 1 N–H and O–H groups in total. The third kappa shape index (κ3) is 4.41. The van der Waals surface area contributed by atoms with Crippen molar-refractivity contribution in [3.8, 4) is 0 Å². The summed E-state index contributed by atoms with van der Waals surface area (Å²) in [4.78, 5) is 25.3. The van der Waals surface area contributed by atoms with E-state index < -0.39 is 0 Å². The number of rotatable bonds is 4. The van der Waals surface area contributed by atoms with E-state index in [9.17, 15) is 4.79 Å². The molecule has 0 saturated carbocycles. The van der Waals surface area contributed by atoms with Gasteiger partial charge in [0.2, 0.25) is 0 Å². The van der Waals surface area contributed by atoms with E-state index >= 15 is 0 Å². The number of H-pyrrole nitrogens is 1. The molecule has 2 aliphatic rings. The van der Waals surface area contributed by atoms with E-state index in [-0.39, 0.29) is 11.6 Å². The van der Waals surface area contributed by atoms with Crippen LogP contribution < -0.4 is 5.56 Å². The van der Waals surface area contributed by atoms with E-state index in [0.29, 0.717) is 5.39 Å². The van der Waals surface area contributed by atoms with Crippen LogP contribution in [-0.4, -0.2) is 52.5 Å². The predicted molar refractivity (Wildman–Crippen MR) is 110 cm³/mol. The first-order valence-corrected chi connectivity index (χ1v) is 10.7. The predicted octanol–water partition coefficient (Wildman–Crippen LogP) is 3.57. The Morgan fingerprint density at radius 2 is 1.78 bits per heavy atom. The topological polar surface area (TPSA) is 52.2 Å². The molecule has 0 amide bonds. The average molecular weight is 369 g/mol. The lowest BCUT2D eigenvalue weighted by atomic mass is 9.95. The van der Waals surface area contributed by atoms with Crippen LogP contribution in [0.15, 0.2) is 29.1 Å². The number of nitrogens with zero attached hydrogens (tertiary/aromatic N) is 3. The molecule has 4 rings (SSSR count). The summed E-state index contributed by atoms with van der Waals surface area (Å²) in [7, 11) is 0. The van der Waals surface area contributed by atoms with Crippen molar-refractivity contribution < 1.29 is 0 Å². The van der Waals surface area contributed by atoms with Crippen molar-refractivity contribution >= 4 is 10.9 Å². The summed E-state index contributed by atoms with van der Waals surface area (Å²) in [6.45, 7) is 8.21. The van der Waals surface area contributed by atoms with Crippen molar-refractivity contribution in [2.24, 2.45) is 5.92 Å². The molecule has 1 atom stereocenters. The van der Waals surface area contributed by atoms with Crippen LogP contribution in [0, 0.1) is 5.92 Å². The van der Waals surface area contributed by atoms with Gasteiger partial charge in [0.1, 0.15) is 5.82 Å². The van der Waals surface area contributed by atoms with Crippen molar-refractivity contribution in [3.63, 3.8) is 0 Å². The summed E-state index contributed by atoms with van der Waals surface area (Å²) in [5.41, 5.74) is 0.762. The van der Waals surface area contributed by atoms with Crippen LogP contribution in [0.4, 0.5) is 0 Å². The van der Waals surface area contributed by atoms with Crippen molar-refractivity contribution in [1.29, 1.82) is 0 Å². The third-order valence-electron chi connectivity index (χ3n) is 6.44. The zero-order valence-electron chi connectivity index (χ0n) is 16.5. The van der Waals surface area contributed by atoms with Gasteiger partial charge in [-0.25, -0.2) is 4.98 Å². The lowest BCUT2D eigenvalue weighted by molar-refractivity contribution is 0.113. The molecule has 27 heavy (non-hydrogen) atoms. The number of aromatic amines is 1. The Kier molecular flexibility index (Phi) is 5.89. The molecule has 0 unspecified atom stereocenters. The van der Waals surface area contributed by atoms with Gasteiger partial charge in [-0.05, 0) is 76.8 Å². The minimum absolute atomic E-state index is 0.0292. The van der Waals surface area contributed by atoms with Gasteiger partial charge >= 0.3 is 0 Å². The van der Waals surface area contributed by atoms with Gasteiger partial charge in [-0.3, -0.25) is 9.69 Å². The van der Waals surface area contributed by atoms with Gasteiger partial charge < -0.3 is 9.88 Å². The Morgan fingerprint density at radius 3 is 2.52 bits per heavy atom. The highest BCUT2D eigenvalue weighted by atomic mass is 16.1. The first kappa shape index (κ1) is 18.6. The van der Waals surface area contributed by atoms with Gasteiger partial charge in [-0.2, -0.15) is 0 Å². The van der Waals surface area contributed by atoms with Crippen LogP contribution in [-0.2, 0) is 0 Å². The zero-order valence-corrected chi connectivity index (χ0v) is 16.5. The number of hydrogen-bond acceptors (Lipinski definition) is 4. The number of hydrogen-bond donors (Lipinski definition) is 1. The summed E-state index contributed by atoms with van der Waals surface area (Å²) in [6.07, 6.45) is 8.05. The quantitative estimate of drug-likeness (QED) is 0.896. The van der Waals surface area contributed by atoms with Crippen LogP contribution in [0.25, 0.3) is 10.9 Å². The van der Waals surface area contributed by atoms with Crippen LogP contribution >= 0.6 is 0 Å². The van der Waals surface area contributed by atoms with Crippen molar-refractivity contribution in [2.45, 2.75) is 51.5 Å². The Labute approximate surface area is 161 Å². The third-order valence-corrected chi connectivity index (χ3v) is 6.44. The molecular formula is C22H32N4O. The molecule has 5 nitrogen and oxygen atoms in total. The van der Waals surface area contributed by atoms with Crippen LogP contribution in [0.2, 0.25) is 0 Å². The molecule has 0 bridgehead atoms. The van der Waals surface area contributed by atoms with Gasteiger partial charge in [0.25, 0.3) is 5.56 Å². The second-order valence-corrected chi connectivity index (χ2v) is 8.34. The number of aromatic nitrogens is 2. The Balaban J connectivity index is 1.37. The highest BCUT2D eigenvalue weighted by Gasteiger charge is 2.26. The summed E-state index contributed by atoms with van der Waals surface area (Å²) in [5.74, 6) is 1.61. The number of likely N-dealkylation sites (tertiary alicyclic amines) is 2. The van der Waals surface area contributed by atoms with E-state index in [4.69, 9.17) is 4.98 Å². The maximum atomic E-state index is 12.4. The molecule has 146 valence electrons.